The van der Waals surface area contributed by atoms with E-state index in [2.05, 4.69) is 10.1 Å². The first-order valence-electron chi connectivity index (χ1n) is 6.91. The average Bonchev–Trinajstić information content (AvgIpc) is 2.69. The molecule has 1 aliphatic rings. The molecule has 23 heavy (non-hydrogen) atoms. The van der Waals surface area contributed by atoms with Gasteiger partial charge in [0, 0.05) is 0 Å². The third kappa shape index (κ3) is 3.56. The van der Waals surface area contributed by atoms with Crippen molar-refractivity contribution >= 4 is 29.5 Å². The summed E-state index contributed by atoms with van der Waals surface area (Å²) in [5, 5.41) is 2.82. The second kappa shape index (κ2) is 6.45. The first-order valence-corrected chi connectivity index (χ1v) is 7.29. The lowest BCUT2D eigenvalue weighted by Crippen LogP contribution is -2.40. The summed E-state index contributed by atoms with van der Waals surface area (Å²) in [7, 11) is 1.28. The Morgan fingerprint density at radius 2 is 2.04 bits per heavy atom. The maximum absolute atomic E-state index is 12.0. The van der Waals surface area contributed by atoms with Crippen molar-refractivity contribution in [1.82, 2.24) is 10.2 Å². The van der Waals surface area contributed by atoms with Crippen LogP contribution in [0.1, 0.15) is 24.2 Å². The van der Waals surface area contributed by atoms with Crippen LogP contribution < -0.4 is 10.1 Å². The third-order valence-corrected chi connectivity index (χ3v) is 3.67. The number of nitrogens with zero attached hydrogens (tertiary/aromatic N) is 1. The molecule has 124 valence electrons. The van der Waals surface area contributed by atoms with E-state index in [1.807, 2.05) is 0 Å². The average molecular weight is 341 g/mol. The zero-order chi connectivity index (χ0) is 17.2. The molecule has 0 aliphatic carbocycles. The zero-order valence-electron chi connectivity index (χ0n) is 13.0. The molecule has 0 aromatic heterocycles. The number of hydrogen-bond donors (Lipinski definition) is 1. The minimum atomic E-state index is -0.906. The Morgan fingerprint density at radius 3 is 2.57 bits per heavy atom. The van der Waals surface area contributed by atoms with Crippen LogP contribution in [0.2, 0.25) is 5.02 Å². The fraction of sp³-hybridized carbons (Fsp3) is 0.400. The van der Waals surface area contributed by atoms with Gasteiger partial charge in [-0.05, 0) is 32.0 Å². The molecule has 1 heterocycles. The Balaban J connectivity index is 1.96. The molecule has 7 nitrogen and oxygen atoms in total. The van der Waals surface area contributed by atoms with Gasteiger partial charge in [0.05, 0.1) is 24.2 Å². The molecule has 1 saturated heterocycles. The molecule has 3 amide bonds. The largest absolute Gasteiger partial charge is 0.490 e. The zero-order valence-corrected chi connectivity index (χ0v) is 13.8. The van der Waals surface area contributed by atoms with E-state index in [4.69, 9.17) is 16.3 Å². The molecule has 2 rings (SSSR count). The molecule has 8 heteroatoms. The second-order valence-electron chi connectivity index (χ2n) is 5.50. The van der Waals surface area contributed by atoms with Crippen molar-refractivity contribution in [1.29, 1.82) is 0 Å². The quantitative estimate of drug-likeness (QED) is 0.653. The van der Waals surface area contributed by atoms with Gasteiger partial charge in [-0.3, -0.25) is 9.69 Å². The van der Waals surface area contributed by atoms with Crippen molar-refractivity contribution in [3.8, 4) is 5.75 Å². The summed E-state index contributed by atoms with van der Waals surface area (Å²) < 4.78 is 10.1. The Hall–Kier alpha value is -2.28. The second-order valence-corrected chi connectivity index (χ2v) is 5.90. The van der Waals surface area contributed by atoms with Crippen LogP contribution in [0.15, 0.2) is 18.2 Å². The number of halogens is 1. The van der Waals surface area contributed by atoms with Crippen LogP contribution >= 0.6 is 11.6 Å². The van der Waals surface area contributed by atoms with Crippen molar-refractivity contribution in [2.45, 2.75) is 19.4 Å². The molecule has 0 saturated carbocycles. The lowest BCUT2D eigenvalue weighted by Gasteiger charge is -2.16. The Bertz CT molecular complexity index is 659. The van der Waals surface area contributed by atoms with E-state index in [0.29, 0.717) is 11.3 Å². The topological polar surface area (TPSA) is 84.9 Å². The number of imide groups is 1. The van der Waals surface area contributed by atoms with Gasteiger partial charge in [-0.15, -0.1) is 0 Å². The van der Waals surface area contributed by atoms with Crippen molar-refractivity contribution in [3.05, 3.63) is 28.8 Å². The molecule has 1 N–H and O–H groups in total. The summed E-state index contributed by atoms with van der Waals surface area (Å²) in [6.45, 7) is 3.46. The summed E-state index contributed by atoms with van der Waals surface area (Å²) in [4.78, 5) is 36.2. The molecule has 0 bridgehead atoms. The molecule has 0 atom stereocenters. The number of esters is 1. The molecule has 1 aromatic rings. The van der Waals surface area contributed by atoms with Gasteiger partial charge in [0.25, 0.3) is 5.91 Å². The first kappa shape index (κ1) is 17.1. The number of carbonyl (C=O) groups is 3. The normalized spacial score (nSPS) is 16.3. The smallest absolute Gasteiger partial charge is 0.337 e. The van der Waals surface area contributed by atoms with Gasteiger partial charge in [-0.2, -0.15) is 0 Å². The van der Waals surface area contributed by atoms with Crippen molar-refractivity contribution in [3.63, 3.8) is 0 Å². The summed E-state index contributed by atoms with van der Waals surface area (Å²) in [6, 6.07) is 4.03. The Morgan fingerprint density at radius 1 is 1.35 bits per heavy atom. The van der Waals surface area contributed by atoms with Crippen LogP contribution in [0.5, 0.6) is 5.75 Å². The van der Waals surface area contributed by atoms with Crippen LogP contribution in [0, 0.1) is 0 Å². The van der Waals surface area contributed by atoms with Crippen molar-refractivity contribution in [2.24, 2.45) is 0 Å². The van der Waals surface area contributed by atoms with Crippen LogP contribution in [-0.4, -0.2) is 48.6 Å². The number of amides is 3. The Labute approximate surface area is 138 Å². The third-order valence-electron chi connectivity index (χ3n) is 3.37. The molecule has 1 aromatic carbocycles. The monoisotopic (exact) mass is 340 g/mol. The number of hydrogen-bond acceptors (Lipinski definition) is 5. The summed E-state index contributed by atoms with van der Waals surface area (Å²) in [6.07, 6.45) is 0. The van der Waals surface area contributed by atoms with E-state index < -0.39 is 17.5 Å². The van der Waals surface area contributed by atoms with Crippen LogP contribution in [-0.2, 0) is 9.53 Å². The standard InChI is InChI=1S/C15H17ClN2O5/c1-15(2)13(20)18(14(21)17-15)6-7-23-11-5-4-9(8-10(11)16)12(19)22-3/h4-5,8H,6-7H2,1-3H3,(H,17,21). The molecule has 1 fully saturated rings. The molecule has 0 radical (unpaired) electrons. The maximum Gasteiger partial charge on any atom is 0.337 e. The summed E-state index contributed by atoms with van der Waals surface area (Å²) in [5.74, 6) is -0.455. The highest BCUT2D eigenvalue weighted by molar-refractivity contribution is 6.32. The minimum Gasteiger partial charge on any atom is -0.490 e. The van der Waals surface area contributed by atoms with Crippen LogP contribution in [0.25, 0.3) is 0 Å². The van der Waals surface area contributed by atoms with E-state index in [1.165, 1.54) is 25.3 Å². The van der Waals surface area contributed by atoms with E-state index in [1.54, 1.807) is 13.8 Å². The predicted octanol–water partition coefficient (Wildman–Crippen LogP) is 1.84. The molecular formula is C15H17ClN2O5. The van der Waals surface area contributed by atoms with E-state index in [9.17, 15) is 14.4 Å². The molecule has 0 spiro atoms. The highest BCUT2D eigenvalue weighted by Gasteiger charge is 2.43. The minimum absolute atomic E-state index is 0.0898. The lowest BCUT2D eigenvalue weighted by atomic mass is 10.1. The number of benzene rings is 1. The number of methoxy groups -OCH3 is 1. The lowest BCUT2D eigenvalue weighted by molar-refractivity contribution is -0.130. The van der Waals surface area contributed by atoms with Gasteiger partial charge in [0.15, 0.2) is 0 Å². The first-order chi connectivity index (χ1) is 10.8. The number of nitrogens with one attached hydrogen (secondary N) is 1. The Kier molecular flexibility index (Phi) is 4.79. The molecular weight excluding hydrogens is 324 g/mol. The maximum atomic E-state index is 12.0. The van der Waals surface area contributed by atoms with Gasteiger partial charge in [-0.25, -0.2) is 9.59 Å². The molecule has 0 unspecified atom stereocenters. The number of ether oxygens (including phenoxy) is 2. The van der Waals surface area contributed by atoms with Gasteiger partial charge in [0.1, 0.15) is 17.9 Å². The van der Waals surface area contributed by atoms with Crippen molar-refractivity contribution < 1.29 is 23.9 Å². The van der Waals surface area contributed by atoms with Gasteiger partial charge in [0.2, 0.25) is 0 Å². The molecule has 1 aliphatic heterocycles. The predicted molar refractivity (Wildman–Crippen MR) is 82.6 cm³/mol. The van der Waals surface area contributed by atoms with Gasteiger partial charge >= 0.3 is 12.0 Å². The number of rotatable bonds is 5. The van der Waals surface area contributed by atoms with E-state index in [0.717, 1.165) is 4.90 Å². The summed E-state index contributed by atoms with van der Waals surface area (Å²) in [5.41, 5.74) is -0.600. The van der Waals surface area contributed by atoms with Gasteiger partial charge < -0.3 is 14.8 Å². The fourth-order valence-corrected chi connectivity index (χ4v) is 2.37. The SMILES string of the molecule is COC(=O)c1ccc(OCCN2C(=O)NC(C)(C)C2=O)c(Cl)c1. The van der Waals surface area contributed by atoms with E-state index in [-0.39, 0.29) is 24.1 Å². The summed E-state index contributed by atoms with van der Waals surface area (Å²) >= 11 is 6.04. The number of urea groups is 1. The highest BCUT2D eigenvalue weighted by Crippen LogP contribution is 2.26. The number of carbonyl (C=O) groups excluding carboxylic acids is 3. The van der Waals surface area contributed by atoms with E-state index >= 15 is 0 Å². The fourth-order valence-electron chi connectivity index (χ4n) is 2.13. The van der Waals surface area contributed by atoms with Crippen LogP contribution in [0.3, 0.4) is 0 Å². The van der Waals surface area contributed by atoms with Gasteiger partial charge in [-0.1, -0.05) is 11.6 Å². The highest BCUT2D eigenvalue weighted by atomic mass is 35.5. The van der Waals surface area contributed by atoms with Crippen LogP contribution in [0.4, 0.5) is 4.79 Å². The van der Waals surface area contributed by atoms with Crippen molar-refractivity contribution in [2.75, 3.05) is 20.3 Å².